The molecule has 0 spiro atoms. The maximum absolute atomic E-state index is 13.0. The number of nitriles is 1. The third kappa shape index (κ3) is 4.69. The highest BCUT2D eigenvalue weighted by Crippen LogP contribution is 2.44. The third-order valence-corrected chi connectivity index (χ3v) is 5.27. The summed E-state index contributed by atoms with van der Waals surface area (Å²) in [6.07, 6.45) is 1.03. The molecular weight excluding hydrogens is 374 g/mol. The second-order valence-corrected chi connectivity index (χ2v) is 7.66. The second kappa shape index (κ2) is 8.84. The molecule has 0 N–H and O–H groups in total. The molecular formula is C26H23NO3. The van der Waals surface area contributed by atoms with E-state index in [2.05, 4.69) is 6.07 Å². The number of para-hydroxylation sites is 1. The molecule has 0 amide bonds. The van der Waals surface area contributed by atoms with Crippen molar-refractivity contribution < 1.29 is 14.3 Å². The number of hydrogen-bond donors (Lipinski definition) is 0. The summed E-state index contributed by atoms with van der Waals surface area (Å²) in [5.74, 6) is 0.903. The minimum atomic E-state index is -0.983. The van der Waals surface area contributed by atoms with Crippen LogP contribution in [0.4, 0.5) is 0 Å². The maximum Gasteiger partial charge on any atom is 0.315 e. The van der Waals surface area contributed by atoms with Crippen LogP contribution in [0.2, 0.25) is 0 Å². The number of nitrogens with zero attached hydrogens (tertiary/aromatic N) is 1. The summed E-state index contributed by atoms with van der Waals surface area (Å²) in [5.41, 5.74) is 2.69. The number of benzene rings is 3. The van der Waals surface area contributed by atoms with Crippen LogP contribution in [0.15, 0.2) is 78.9 Å². The Kier molecular flexibility index (Phi) is 5.81. The Morgan fingerprint density at radius 1 is 0.933 bits per heavy atom. The lowest BCUT2D eigenvalue weighted by Gasteiger charge is -2.19. The fourth-order valence-electron chi connectivity index (χ4n) is 3.53. The summed E-state index contributed by atoms with van der Waals surface area (Å²) in [7, 11) is 0. The predicted octanol–water partition coefficient (Wildman–Crippen LogP) is 6.09. The van der Waals surface area contributed by atoms with Crippen LogP contribution in [0.1, 0.15) is 41.6 Å². The Morgan fingerprint density at radius 2 is 1.63 bits per heavy atom. The minimum Gasteiger partial charge on any atom is -0.457 e. The van der Waals surface area contributed by atoms with Crippen LogP contribution in [-0.2, 0) is 9.53 Å². The van der Waals surface area contributed by atoms with E-state index in [0.717, 1.165) is 24.0 Å². The number of carbonyl (C=O) groups is 1. The molecule has 0 bridgehead atoms. The lowest BCUT2D eigenvalue weighted by molar-refractivity contribution is -0.149. The zero-order valence-corrected chi connectivity index (χ0v) is 16.8. The molecule has 4 heteroatoms. The number of ether oxygens (including phenoxy) is 2. The zero-order valence-electron chi connectivity index (χ0n) is 16.8. The summed E-state index contributed by atoms with van der Waals surface area (Å²) in [6, 6.07) is 26.6. The van der Waals surface area contributed by atoms with Gasteiger partial charge in [0.1, 0.15) is 17.6 Å². The van der Waals surface area contributed by atoms with Gasteiger partial charge in [-0.05, 0) is 55.5 Å². The number of rotatable bonds is 7. The molecule has 1 aliphatic carbocycles. The number of esters is 1. The Hall–Kier alpha value is -3.58. The van der Waals surface area contributed by atoms with Crippen molar-refractivity contribution in [2.45, 2.75) is 31.8 Å². The van der Waals surface area contributed by atoms with Gasteiger partial charge in [0.2, 0.25) is 6.10 Å². The van der Waals surface area contributed by atoms with Crippen LogP contribution in [-0.4, -0.2) is 5.97 Å². The highest BCUT2D eigenvalue weighted by Gasteiger charge is 2.39. The van der Waals surface area contributed by atoms with Crippen molar-refractivity contribution in [1.82, 2.24) is 0 Å². The zero-order chi connectivity index (χ0) is 20.9. The van der Waals surface area contributed by atoms with Crippen LogP contribution in [0.3, 0.4) is 0 Å². The molecule has 30 heavy (non-hydrogen) atoms. The van der Waals surface area contributed by atoms with Crippen LogP contribution in [0, 0.1) is 24.2 Å². The van der Waals surface area contributed by atoms with Gasteiger partial charge in [-0.25, -0.2) is 0 Å². The van der Waals surface area contributed by atoms with Gasteiger partial charge < -0.3 is 9.47 Å². The fourth-order valence-corrected chi connectivity index (χ4v) is 3.53. The van der Waals surface area contributed by atoms with E-state index in [1.54, 1.807) is 18.2 Å². The van der Waals surface area contributed by atoms with Crippen molar-refractivity contribution in [2.75, 3.05) is 0 Å². The summed E-state index contributed by atoms with van der Waals surface area (Å²) in [5, 5.41) is 9.68. The van der Waals surface area contributed by atoms with Gasteiger partial charge in [-0.3, -0.25) is 4.79 Å². The summed E-state index contributed by atoms with van der Waals surface area (Å²) in [4.78, 5) is 13.0. The van der Waals surface area contributed by atoms with E-state index in [-0.39, 0.29) is 17.8 Å². The van der Waals surface area contributed by atoms with Crippen LogP contribution in [0.5, 0.6) is 11.5 Å². The van der Waals surface area contributed by atoms with E-state index in [0.29, 0.717) is 17.1 Å². The lowest BCUT2D eigenvalue weighted by Crippen LogP contribution is -2.20. The molecule has 2 unspecified atom stereocenters. The fraction of sp³-hybridized carbons (Fsp3) is 0.231. The van der Waals surface area contributed by atoms with Gasteiger partial charge in [-0.2, -0.15) is 5.26 Å². The van der Waals surface area contributed by atoms with Gasteiger partial charge in [-0.15, -0.1) is 0 Å². The molecule has 150 valence electrons. The molecule has 1 fully saturated rings. The topological polar surface area (TPSA) is 59.3 Å². The largest absolute Gasteiger partial charge is 0.457 e. The normalized spacial score (nSPS) is 14.9. The lowest BCUT2D eigenvalue weighted by atomic mass is 9.93. The van der Waals surface area contributed by atoms with Gasteiger partial charge >= 0.3 is 5.97 Å². The summed E-state index contributed by atoms with van der Waals surface area (Å²) < 4.78 is 11.5. The first kappa shape index (κ1) is 19.7. The number of carbonyl (C=O) groups excluding carboxylic acids is 1. The molecule has 0 aliphatic heterocycles. The van der Waals surface area contributed by atoms with E-state index in [1.165, 1.54) is 0 Å². The first-order valence-electron chi connectivity index (χ1n) is 10.1. The van der Waals surface area contributed by atoms with Crippen molar-refractivity contribution in [1.29, 1.82) is 5.26 Å². The smallest absolute Gasteiger partial charge is 0.315 e. The van der Waals surface area contributed by atoms with E-state index >= 15 is 0 Å². The Balaban J connectivity index is 1.51. The highest BCUT2D eigenvalue weighted by molar-refractivity contribution is 5.79. The average molecular weight is 397 g/mol. The van der Waals surface area contributed by atoms with E-state index in [4.69, 9.17) is 9.47 Å². The molecule has 3 aromatic rings. The summed E-state index contributed by atoms with van der Waals surface area (Å²) >= 11 is 0. The van der Waals surface area contributed by atoms with Gasteiger partial charge in [0.05, 0.1) is 5.92 Å². The highest BCUT2D eigenvalue weighted by atomic mass is 16.5. The van der Waals surface area contributed by atoms with Crippen LogP contribution >= 0.6 is 0 Å². The Bertz CT molecular complexity index is 1050. The SMILES string of the molecule is Cc1ccc(C(C(=O)OC(C#N)c2cccc(Oc3ccccc3)c2)C2CC2)cc1. The molecule has 0 heterocycles. The van der Waals surface area contributed by atoms with Gasteiger partial charge in [0, 0.05) is 5.56 Å². The van der Waals surface area contributed by atoms with Crippen molar-refractivity contribution in [2.24, 2.45) is 5.92 Å². The summed E-state index contributed by atoms with van der Waals surface area (Å²) in [6.45, 7) is 2.02. The molecule has 2 atom stereocenters. The van der Waals surface area contributed by atoms with Crippen LogP contribution < -0.4 is 4.74 Å². The number of hydrogen-bond acceptors (Lipinski definition) is 4. The average Bonchev–Trinajstić information content (AvgIpc) is 3.59. The van der Waals surface area contributed by atoms with E-state index < -0.39 is 6.10 Å². The molecule has 1 aliphatic rings. The monoisotopic (exact) mass is 397 g/mol. The van der Waals surface area contributed by atoms with Crippen molar-refractivity contribution in [3.63, 3.8) is 0 Å². The predicted molar refractivity (Wildman–Crippen MR) is 114 cm³/mol. The quantitative estimate of drug-likeness (QED) is 0.453. The van der Waals surface area contributed by atoms with Crippen LogP contribution in [0.25, 0.3) is 0 Å². The minimum absolute atomic E-state index is 0.285. The Morgan fingerprint density at radius 3 is 2.30 bits per heavy atom. The molecule has 4 nitrogen and oxygen atoms in total. The first-order chi connectivity index (χ1) is 14.6. The third-order valence-electron chi connectivity index (χ3n) is 5.27. The van der Waals surface area contributed by atoms with Gasteiger partial charge in [0.25, 0.3) is 0 Å². The standard InChI is InChI=1S/C26H23NO3/c1-18-10-12-19(13-11-18)25(20-14-15-20)26(28)30-24(17-27)21-6-5-9-23(16-21)29-22-7-3-2-4-8-22/h2-13,16,20,24-25H,14-15H2,1H3. The van der Waals surface area contributed by atoms with E-state index in [9.17, 15) is 10.1 Å². The molecule has 4 rings (SSSR count). The van der Waals surface area contributed by atoms with Crippen molar-refractivity contribution >= 4 is 5.97 Å². The first-order valence-corrected chi connectivity index (χ1v) is 10.1. The molecule has 0 aromatic heterocycles. The van der Waals surface area contributed by atoms with Gasteiger partial charge in [-0.1, -0.05) is 60.2 Å². The maximum atomic E-state index is 13.0. The molecule has 0 radical (unpaired) electrons. The van der Waals surface area contributed by atoms with E-state index in [1.807, 2.05) is 67.6 Å². The molecule has 0 saturated heterocycles. The number of aryl methyl sites for hydroxylation is 1. The van der Waals surface area contributed by atoms with Crippen molar-refractivity contribution in [3.05, 3.63) is 95.6 Å². The molecule has 1 saturated carbocycles. The van der Waals surface area contributed by atoms with Gasteiger partial charge in [0.15, 0.2) is 0 Å². The van der Waals surface area contributed by atoms with Crippen molar-refractivity contribution in [3.8, 4) is 17.6 Å². The molecule has 3 aromatic carbocycles. The second-order valence-electron chi connectivity index (χ2n) is 7.66. The Labute approximate surface area is 176 Å².